The van der Waals surface area contributed by atoms with Crippen LogP contribution in [0.3, 0.4) is 0 Å². The van der Waals surface area contributed by atoms with Crippen LogP contribution < -0.4 is 59.1 Å². The molecule has 0 aromatic rings. The molecule has 0 saturated carbocycles. The molecule has 20 heavy (non-hydrogen) atoms. The van der Waals surface area contributed by atoms with E-state index in [1.165, 1.54) is 25.7 Å². The molecule has 0 spiro atoms. The summed E-state index contributed by atoms with van der Waals surface area (Å²) in [5.41, 5.74) is 0. The molecule has 0 aliphatic heterocycles. The second-order valence-corrected chi connectivity index (χ2v) is 6.20. The molecule has 1 unspecified atom stereocenters. The van der Waals surface area contributed by atoms with Gasteiger partial charge < -0.3 is 7.96 Å². The molecule has 0 amide bonds. The monoisotopic (exact) mass is 328 g/mol. The summed E-state index contributed by atoms with van der Waals surface area (Å²) in [5.74, 6) is -1.47. The minimum absolute atomic E-state index is 0. The van der Waals surface area contributed by atoms with Gasteiger partial charge in [-0.15, -0.1) is 0 Å². The normalized spacial score (nSPS) is 12.1. The Hall–Kier alpha value is 1.38. The van der Waals surface area contributed by atoms with Crippen LogP contribution in [0, 0.1) is 0 Å². The summed E-state index contributed by atoms with van der Waals surface area (Å²) in [6.45, 7) is 2.15. The third kappa shape index (κ3) is 14.3. The van der Waals surface area contributed by atoms with Crippen LogP contribution >= 0.6 is 0 Å². The first-order chi connectivity index (χ1) is 8.39. The Labute approximate surface area is 169 Å². The van der Waals surface area contributed by atoms with Crippen LogP contribution in [0.15, 0.2) is 0 Å². The van der Waals surface area contributed by atoms with E-state index >= 15 is 0 Å². The van der Waals surface area contributed by atoms with Crippen LogP contribution in [0.4, 0.5) is 0 Å². The summed E-state index contributed by atoms with van der Waals surface area (Å²) >= 11 is 0. The summed E-state index contributed by atoms with van der Waals surface area (Å²) in [6.07, 6.45) is 8.25. The van der Waals surface area contributed by atoms with Crippen LogP contribution in [-0.4, -0.2) is 29.3 Å². The maximum Gasteiger partial charge on any atom is 1.00 e. The fraction of sp³-hybridized carbons (Fsp3) is 0.917. The molecule has 2 N–H and O–H groups in total. The topological polar surface area (TPSA) is 91.7 Å². The van der Waals surface area contributed by atoms with Crippen LogP contribution in [0.25, 0.3) is 0 Å². The Morgan fingerprint density at radius 3 is 1.75 bits per heavy atom. The third-order valence-corrected chi connectivity index (χ3v) is 4.11. The summed E-state index contributed by atoms with van der Waals surface area (Å²) in [6, 6.07) is 0. The number of carboxylic acid groups (broad SMARTS) is 1. The van der Waals surface area contributed by atoms with Gasteiger partial charge in [-0.05, 0) is 6.42 Å². The first kappa shape index (κ1) is 26.3. The van der Waals surface area contributed by atoms with E-state index in [2.05, 4.69) is 6.92 Å². The second kappa shape index (κ2) is 15.3. The Kier molecular flexibility index (Phi) is 20.1. The molecule has 1 atom stereocenters. The van der Waals surface area contributed by atoms with Crippen LogP contribution in [0.5, 0.6) is 0 Å². The molecule has 0 radical (unpaired) electrons. The van der Waals surface area contributed by atoms with Crippen molar-refractivity contribution < 1.29 is 84.8 Å². The van der Waals surface area contributed by atoms with Gasteiger partial charge in [-0.2, -0.15) is 8.42 Å². The van der Waals surface area contributed by atoms with Crippen molar-refractivity contribution in [2.24, 2.45) is 0 Å². The molecule has 0 rings (SSSR count). The van der Waals surface area contributed by atoms with E-state index in [0.29, 0.717) is 6.42 Å². The maximum absolute atomic E-state index is 10.8. The van der Waals surface area contributed by atoms with Gasteiger partial charge in [-0.3, -0.25) is 9.35 Å². The van der Waals surface area contributed by atoms with Crippen molar-refractivity contribution in [3.05, 3.63) is 0 Å². The molecule has 0 bridgehead atoms. The summed E-state index contributed by atoms with van der Waals surface area (Å²) in [4.78, 5) is 10.6. The van der Waals surface area contributed by atoms with Gasteiger partial charge in [0.15, 0.2) is 5.25 Å². The number of carboxylic acids is 1. The number of carbonyl (C=O) groups is 1. The quantitative estimate of drug-likeness (QED) is 0.241. The Bertz CT molecular complexity index is 342. The fourth-order valence-corrected chi connectivity index (χ4v) is 2.58. The Morgan fingerprint density at radius 2 is 1.40 bits per heavy atom. The standard InChI is InChI=1S/C12H24O5S.2Na.2H/c1-2-3-4-5-6-7-8-9-10-11(12(13)14)18(15,16)17;;;;/h11H,2-10H2,1H3,(H,13,14)(H,15,16,17);;;;/q;2*+1;2*-1. The van der Waals surface area contributed by atoms with E-state index in [4.69, 9.17) is 9.66 Å². The first-order valence-electron chi connectivity index (χ1n) is 6.58. The SMILES string of the molecule is CCCCCCCCCCC(C(=O)O)S(=O)(=O)O.[H-].[H-].[Na+].[Na+]. The van der Waals surface area contributed by atoms with Crippen molar-refractivity contribution in [2.45, 2.75) is 70.0 Å². The van der Waals surface area contributed by atoms with Gasteiger partial charge in [-0.25, -0.2) is 0 Å². The molecule has 112 valence electrons. The fourth-order valence-electron chi connectivity index (χ4n) is 1.86. The van der Waals surface area contributed by atoms with Crippen LogP contribution in [0.2, 0.25) is 0 Å². The second-order valence-electron chi connectivity index (χ2n) is 4.61. The largest absolute Gasteiger partial charge is 1.00 e. The van der Waals surface area contributed by atoms with E-state index < -0.39 is 21.3 Å². The van der Waals surface area contributed by atoms with Gasteiger partial charge >= 0.3 is 65.1 Å². The molecule has 0 aliphatic carbocycles. The summed E-state index contributed by atoms with van der Waals surface area (Å²) < 4.78 is 30.3. The Balaban J connectivity index is -0.000000241. The van der Waals surface area contributed by atoms with E-state index in [-0.39, 0.29) is 68.4 Å². The zero-order valence-corrected chi connectivity index (χ0v) is 17.8. The van der Waals surface area contributed by atoms with E-state index in [9.17, 15) is 13.2 Å². The molecule has 0 aliphatic rings. The number of aliphatic carboxylic acids is 1. The minimum Gasteiger partial charge on any atom is -1.00 e. The predicted molar refractivity (Wildman–Crippen MR) is 72.4 cm³/mol. The zero-order chi connectivity index (χ0) is 14.0. The summed E-state index contributed by atoms with van der Waals surface area (Å²) in [7, 11) is -4.47. The summed E-state index contributed by atoms with van der Waals surface area (Å²) in [5, 5.41) is 7.00. The molecule has 0 heterocycles. The van der Waals surface area contributed by atoms with Gasteiger partial charge in [-0.1, -0.05) is 58.3 Å². The van der Waals surface area contributed by atoms with Gasteiger partial charge in [0, 0.05) is 0 Å². The maximum atomic E-state index is 10.8. The van der Waals surface area contributed by atoms with Crippen LogP contribution in [0.1, 0.15) is 67.6 Å². The van der Waals surface area contributed by atoms with Gasteiger partial charge in [0.05, 0.1) is 0 Å². The molecule has 8 heteroatoms. The average molecular weight is 328 g/mol. The van der Waals surface area contributed by atoms with Crippen molar-refractivity contribution >= 4 is 16.1 Å². The minimum atomic E-state index is -4.47. The van der Waals surface area contributed by atoms with E-state index in [0.717, 1.165) is 19.3 Å². The Morgan fingerprint density at radius 1 is 1.00 bits per heavy atom. The molecule has 0 fully saturated rings. The van der Waals surface area contributed by atoms with Gasteiger partial charge in [0.2, 0.25) is 0 Å². The number of rotatable bonds is 11. The van der Waals surface area contributed by atoms with Crippen molar-refractivity contribution in [3.8, 4) is 0 Å². The number of hydrogen-bond donors (Lipinski definition) is 2. The molecule has 0 aromatic heterocycles. The van der Waals surface area contributed by atoms with Crippen molar-refractivity contribution in [3.63, 3.8) is 0 Å². The molecule has 0 saturated heterocycles. The molecule has 5 nitrogen and oxygen atoms in total. The predicted octanol–water partition coefficient (Wildman–Crippen LogP) is -2.91. The number of unbranched alkanes of at least 4 members (excludes halogenated alkanes) is 7. The third-order valence-electron chi connectivity index (χ3n) is 2.95. The molecule has 0 aromatic carbocycles. The van der Waals surface area contributed by atoms with Gasteiger partial charge in [0.1, 0.15) is 0 Å². The van der Waals surface area contributed by atoms with Gasteiger partial charge in [0.25, 0.3) is 10.1 Å². The smallest absolute Gasteiger partial charge is 1.00 e. The zero-order valence-electron chi connectivity index (χ0n) is 15.0. The average Bonchev–Trinajstić information content (AvgIpc) is 2.24. The first-order valence-corrected chi connectivity index (χ1v) is 8.09. The number of hydrogen-bond acceptors (Lipinski definition) is 3. The molecular formula is C12H26Na2O5S. The van der Waals surface area contributed by atoms with E-state index in [1.807, 2.05) is 0 Å². The molecular weight excluding hydrogens is 302 g/mol. The van der Waals surface area contributed by atoms with Crippen LogP contribution in [-0.2, 0) is 14.9 Å². The van der Waals surface area contributed by atoms with E-state index in [1.54, 1.807) is 0 Å². The van der Waals surface area contributed by atoms with Crippen molar-refractivity contribution in [1.82, 2.24) is 0 Å². The van der Waals surface area contributed by atoms with Crippen molar-refractivity contribution in [1.29, 1.82) is 0 Å². The van der Waals surface area contributed by atoms with Crippen molar-refractivity contribution in [2.75, 3.05) is 0 Å².